The Bertz CT molecular complexity index is 661. The molecule has 0 fully saturated rings. The molecular formula is C14H15N3O4. The van der Waals surface area contributed by atoms with Crippen LogP contribution in [0.5, 0.6) is 0 Å². The molecule has 2 N–H and O–H groups in total. The van der Waals surface area contributed by atoms with Gasteiger partial charge in [-0.25, -0.2) is 9.78 Å². The van der Waals surface area contributed by atoms with E-state index in [1.54, 1.807) is 13.0 Å². The van der Waals surface area contributed by atoms with E-state index in [1.807, 2.05) is 6.92 Å². The minimum absolute atomic E-state index is 0.0341. The fraction of sp³-hybridized carbons (Fsp3) is 0.286. The first-order valence-corrected chi connectivity index (χ1v) is 6.44. The summed E-state index contributed by atoms with van der Waals surface area (Å²) in [6, 6.07) is 3.00. The molecule has 7 nitrogen and oxygen atoms in total. The summed E-state index contributed by atoms with van der Waals surface area (Å²) in [5.41, 5.74) is 1.74. The summed E-state index contributed by atoms with van der Waals surface area (Å²) in [6.45, 7) is 3.83. The number of rotatable bonds is 5. The van der Waals surface area contributed by atoms with Crippen LogP contribution in [0.25, 0.3) is 0 Å². The van der Waals surface area contributed by atoms with E-state index in [4.69, 9.17) is 9.63 Å². The first-order valence-electron chi connectivity index (χ1n) is 6.44. The second-order valence-corrected chi connectivity index (χ2v) is 4.45. The van der Waals surface area contributed by atoms with Gasteiger partial charge >= 0.3 is 5.97 Å². The van der Waals surface area contributed by atoms with Gasteiger partial charge in [0.2, 0.25) is 0 Å². The van der Waals surface area contributed by atoms with Crippen molar-refractivity contribution in [2.75, 3.05) is 0 Å². The molecule has 0 aliphatic heterocycles. The number of pyridine rings is 1. The van der Waals surface area contributed by atoms with Gasteiger partial charge in [-0.1, -0.05) is 18.1 Å². The van der Waals surface area contributed by atoms with Crippen molar-refractivity contribution in [3.05, 3.63) is 46.6 Å². The van der Waals surface area contributed by atoms with Crippen molar-refractivity contribution >= 4 is 11.9 Å². The Morgan fingerprint density at radius 2 is 2.14 bits per heavy atom. The number of amides is 1. The number of nitrogens with one attached hydrogen (secondary N) is 1. The van der Waals surface area contributed by atoms with Crippen LogP contribution in [0.1, 0.15) is 44.8 Å². The van der Waals surface area contributed by atoms with Gasteiger partial charge < -0.3 is 14.9 Å². The maximum atomic E-state index is 12.1. The molecule has 0 atom stereocenters. The predicted molar refractivity (Wildman–Crippen MR) is 73.0 cm³/mol. The number of carboxylic acid groups (broad SMARTS) is 1. The van der Waals surface area contributed by atoms with Crippen molar-refractivity contribution in [2.24, 2.45) is 0 Å². The molecule has 0 spiro atoms. The van der Waals surface area contributed by atoms with Crippen LogP contribution in [-0.2, 0) is 13.0 Å². The lowest BCUT2D eigenvalue weighted by Gasteiger charge is -2.05. The van der Waals surface area contributed by atoms with Crippen LogP contribution in [0.15, 0.2) is 22.9 Å². The zero-order valence-electron chi connectivity index (χ0n) is 11.7. The lowest BCUT2D eigenvalue weighted by molar-refractivity contribution is 0.0690. The van der Waals surface area contributed by atoms with Gasteiger partial charge in [0.25, 0.3) is 5.91 Å². The van der Waals surface area contributed by atoms with Gasteiger partial charge in [0.05, 0.1) is 5.69 Å². The number of aromatic carboxylic acids is 1. The molecule has 2 aromatic heterocycles. The Balaban J connectivity index is 2.04. The molecule has 110 valence electrons. The molecule has 0 radical (unpaired) electrons. The largest absolute Gasteiger partial charge is 0.477 e. The third-order valence-corrected chi connectivity index (χ3v) is 2.99. The maximum absolute atomic E-state index is 12.1. The normalized spacial score (nSPS) is 10.4. The lowest BCUT2D eigenvalue weighted by atomic mass is 10.1. The van der Waals surface area contributed by atoms with Crippen LogP contribution in [0.2, 0.25) is 0 Å². The summed E-state index contributed by atoms with van der Waals surface area (Å²) >= 11 is 0. The summed E-state index contributed by atoms with van der Waals surface area (Å²) in [6.07, 6.45) is 2.03. The predicted octanol–water partition coefficient (Wildman–Crippen LogP) is 1.57. The molecule has 0 aromatic carbocycles. The van der Waals surface area contributed by atoms with E-state index in [9.17, 15) is 9.59 Å². The van der Waals surface area contributed by atoms with E-state index < -0.39 is 5.97 Å². The van der Waals surface area contributed by atoms with Gasteiger partial charge in [-0.2, -0.15) is 0 Å². The number of hydrogen-bond donors (Lipinski definition) is 2. The molecule has 2 rings (SSSR count). The van der Waals surface area contributed by atoms with Crippen LogP contribution < -0.4 is 5.32 Å². The number of aromatic nitrogens is 2. The zero-order valence-corrected chi connectivity index (χ0v) is 11.7. The topological polar surface area (TPSA) is 105 Å². The van der Waals surface area contributed by atoms with Crippen molar-refractivity contribution in [2.45, 2.75) is 26.8 Å². The molecule has 0 aliphatic carbocycles. The standard InChI is InChI=1S/C14H15N3O4/c1-3-10-12(8(2)21-17-10)13(18)16-7-9-4-5-11(14(19)20)15-6-9/h4-6H,3,7H2,1-2H3,(H,16,18)(H,19,20). The summed E-state index contributed by atoms with van der Waals surface area (Å²) in [4.78, 5) is 26.6. The van der Waals surface area contributed by atoms with Gasteiger partial charge in [0, 0.05) is 12.7 Å². The summed E-state index contributed by atoms with van der Waals surface area (Å²) in [5.74, 6) is -0.880. The highest BCUT2D eigenvalue weighted by Crippen LogP contribution is 2.14. The Hall–Kier alpha value is -2.70. The third-order valence-electron chi connectivity index (χ3n) is 2.99. The molecule has 2 aromatic rings. The van der Waals surface area contributed by atoms with Crippen molar-refractivity contribution in [3.63, 3.8) is 0 Å². The summed E-state index contributed by atoms with van der Waals surface area (Å²) < 4.78 is 5.01. The van der Waals surface area contributed by atoms with E-state index >= 15 is 0 Å². The van der Waals surface area contributed by atoms with Gasteiger partial charge in [-0.05, 0) is 25.0 Å². The molecule has 0 saturated heterocycles. The lowest BCUT2D eigenvalue weighted by Crippen LogP contribution is -2.24. The monoisotopic (exact) mass is 289 g/mol. The van der Waals surface area contributed by atoms with E-state index in [-0.39, 0.29) is 18.1 Å². The molecule has 0 saturated carbocycles. The SMILES string of the molecule is CCc1noc(C)c1C(=O)NCc1ccc(C(=O)O)nc1. The van der Waals surface area contributed by atoms with Gasteiger partial charge in [0.15, 0.2) is 0 Å². The first-order chi connectivity index (χ1) is 10.0. The Morgan fingerprint density at radius 1 is 1.38 bits per heavy atom. The van der Waals surface area contributed by atoms with E-state index in [0.29, 0.717) is 29.0 Å². The van der Waals surface area contributed by atoms with Gasteiger partial charge in [-0.3, -0.25) is 4.79 Å². The number of carbonyl (C=O) groups excluding carboxylic acids is 1. The number of nitrogens with zero attached hydrogens (tertiary/aromatic N) is 2. The fourth-order valence-electron chi connectivity index (χ4n) is 1.88. The van der Waals surface area contributed by atoms with Crippen LogP contribution in [-0.4, -0.2) is 27.1 Å². The van der Waals surface area contributed by atoms with Gasteiger partial charge in [-0.15, -0.1) is 0 Å². The number of aryl methyl sites for hydroxylation is 2. The average molecular weight is 289 g/mol. The van der Waals surface area contributed by atoms with E-state index in [2.05, 4.69) is 15.5 Å². The number of carboxylic acids is 1. The van der Waals surface area contributed by atoms with Crippen molar-refractivity contribution in [1.29, 1.82) is 0 Å². The van der Waals surface area contributed by atoms with Crippen molar-refractivity contribution in [1.82, 2.24) is 15.5 Å². The van der Waals surface area contributed by atoms with E-state index in [0.717, 1.165) is 0 Å². The second-order valence-electron chi connectivity index (χ2n) is 4.45. The van der Waals surface area contributed by atoms with E-state index in [1.165, 1.54) is 12.3 Å². The Kier molecular flexibility index (Phi) is 4.32. The highest BCUT2D eigenvalue weighted by molar-refractivity contribution is 5.96. The molecule has 1 amide bonds. The molecule has 7 heteroatoms. The van der Waals surface area contributed by atoms with Gasteiger partial charge in [0.1, 0.15) is 17.0 Å². The van der Waals surface area contributed by atoms with Crippen molar-refractivity contribution < 1.29 is 19.2 Å². The smallest absolute Gasteiger partial charge is 0.354 e. The molecule has 0 bridgehead atoms. The average Bonchev–Trinajstić information content (AvgIpc) is 2.86. The minimum atomic E-state index is -1.08. The Labute approximate surface area is 121 Å². The second kappa shape index (κ2) is 6.17. The highest BCUT2D eigenvalue weighted by Gasteiger charge is 2.18. The molecule has 2 heterocycles. The molecule has 21 heavy (non-hydrogen) atoms. The van der Waals surface area contributed by atoms with Crippen LogP contribution in [0.3, 0.4) is 0 Å². The minimum Gasteiger partial charge on any atom is -0.477 e. The quantitative estimate of drug-likeness (QED) is 0.865. The molecule has 0 aliphatic rings. The molecular weight excluding hydrogens is 274 g/mol. The van der Waals surface area contributed by atoms with Crippen LogP contribution in [0, 0.1) is 6.92 Å². The van der Waals surface area contributed by atoms with Crippen molar-refractivity contribution in [3.8, 4) is 0 Å². The fourth-order valence-corrected chi connectivity index (χ4v) is 1.88. The van der Waals surface area contributed by atoms with Crippen LogP contribution in [0.4, 0.5) is 0 Å². The number of hydrogen-bond acceptors (Lipinski definition) is 5. The Morgan fingerprint density at radius 3 is 2.71 bits per heavy atom. The molecule has 0 unspecified atom stereocenters. The summed E-state index contributed by atoms with van der Waals surface area (Å²) in [7, 11) is 0. The zero-order chi connectivity index (χ0) is 15.4. The number of carbonyl (C=O) groups is 2. The van der Waals surface area contributed by atoms with Crippen LogP contribution >= 0.6 is 0 Å². The third kappa shape index (κ3) is 3.25. The first kappa shape index (κ1) is 14.7. The maximum Gasteiger partial charge on any atom is 0.354 e. The summed E-state index contributed by atoms with van der Waals surface area (Å²) in [5, 5.41) is 15.3. The highest BCUT2D eigenvalue weighted by atomic mass is 16.5.